The van der Waals surface area contributed by atoms with Crippen LogP contribution in [0.15, 0.2) is 41.2 Å². The van der Waals surface area contributed by atoms with Gasteiger partial charge in [-0.1, -0.05) is 39.2 Å². The largest absolute Gasteiger partial charge is 0.454 e. The number of rotatable bonds is 9. The molecule has 1 aromatic heterocycles. The van der Waals surface area contributed by atoms with Crippen molar-refractivity contribution >= 4 is 29.0 Å². The van der Waals surface area contributed by atoms with Gasteiger partial charge in [-0.3, -0.25) is 14.2 Å². The molecule has 0 bridgehead atoms. The second-order valence-corrected chi connectivity index (χ2v) is 8.78. The van der Waals surface area contributed by atoms with Crippen molar-refractivity contribution < 1.29 is 14.3 Å². The molecule has 0 fully saturated rings. The summed E-state index contributed by atoms with van der Waals surface area (Å²) in [5.74, 6) is 1.68. The molecule has 0 aliphatic carbocycles. The summed E-state index contributed by atoms with van der Waals surface area (Å²) in [6.45, 7) is 5.48. The van der Waals surface area contributed by atoms with Crippen molar-refractivity contribution in [1.82, 2.24) is 14.9 Å². The maximum Gasteiger partial charge on any atom is 0.262 e. The third kappa shape index (κ3) is 5.11. The Labute approximate surface area is 197 Å². The molecule has 174 valence electrons. The standard InChI is InChI=1S/C25H29N3O4S/c1-3-5-6-16(4-2)13-26-23(29)18-8-9-19-20(12-18)27-25(33)28(24(19)30)14-17-7-10-21-22(11-17)32-15-31-21/h7-12,16H,3-6,13-15H2,1-2H3,(H,26,29)(H,27,33). The molecule has 33 heavy (non-hydrogen) atoms. The van der Waals surface area contributed by atoms with Gasteiger partial charge in [-0.05, 0) is 60.5 Å². The van der Waals surface area contributed by atoms with Gasteiger partial charge < -0.3 is 19.8 Å². The first kappa shape index (κ1) is 23.0. The minimum atomic E-state index is -0.205. The zero-order valence-corrected chi connectivity index (χ0v) is 19.8. The number of carbonyl (C=O) groups is 1. The van der Waals surface area contributed by atoms with Crippen molar-refractivity contribution in [3.8, 4) is 11.5 Å². The molecule has 2 heterocycles. The zero-order valence-electron chi connectivity index (χ0n) is 19.0. The van der Waals surface area contributed by atoms with Crippen LogP contribution >= 0.6 is 12.2 Å². The Bertz CT molecular complexity index is 1280. The van der Waals surface area contributed by atoms with Crippen molar-refractivity contribution in [3.05, 3.63) is 62.6 Å². The summed E-state index contributed by atoms with van der Waals surface area (Å²) in [6.07, 6.45) is 4.47. The molecule has 7 nitrogen and oxygen atoms in total. The summed E-state index contributed by atoms with van der Waals surface area (Å²) in [4.78, 5) is 29.0. The van der Waals surface area contributed by atoms with Gasteiger partial charge in [0.25, 0.3) is 11.5 Å². The maximum absolute atomic E-state index is 13.1. The van der Waals surface area contributed by atoms with Gasteiger partial charge in [0.05, 0.1) is 17.4 Å². The van der Waals surface area contributed by atoms with E-state index in [0.717, 1.165) is 24.8 Å². The Morgan fingerprint density at radius 1 is 1.18 bits per heavy atom. The number of amides is 1. The number of hydrogen-bond donors (Lipinski definition) is 2. The lowest BCUT2D eigenvalue weighted by Crippen LogP contribution is -2.29. The number of nitrogens with zero attached hydrogens (tertiary/aromatic N) is 1. The minimum Gasteiger partial charge on any atom is -0.454 e. The number of carbonyl (C=O) groups excluding carboxylic acids is 1. The highest BCUT2D eigenvalue weighted by Crippen LogP contribution is 2.32. The van der Waals surface area contributed by atoms with E-state index in [1.54, 1.807) is 18.2 Å². The molecule has 0 spiro atoms. The predicted octanol–water partition coefficient (Wildman–Crippen LogP) is 4.78. The fourth-order valence-corrected chi connectivity index (χ4v) is 4.30. The number of nitrogens with one attached hydrogen (secondary N) is 2. The van der Waals surface area contributed by atoms with Gasteiger partial charge in [-0.2, -0.15) is 0 Å². The van der Waals surface area contributed by atoms with E-state index in [4.69, 9.17) is 21.7 Å². The summed E-state index contributed by atoms with van der Waals surface area (Å²) >= 11 is 5.47. The lowest BCUT2D eigenvalue weighted by molar-refractivity contribution is 0.0946. The lowest BCUT2D eigenvalue weighted by atomic mass is 9.99. The molecular weight excluding hydrogens is 438 g/mol. The summed E-state index contributed by atoms with van der Waals surface area (Å²) < 4.78 is 12.6. The summed E-state index contributed by atoms with van der Waals surface area (Å²) in [6, 6.07) is 10.6. The van der Waals surface area contributed by atoms with Crippen molar-refractivity contribution in [3.63, 3.8) is 0 Å². The van der Waals surface area contributed by atoms with E-state index in [-0.39, 0.29) is 18.3 Å². The number of H-pyrrole nitrogens is 1. The minimum absolute atomic E-state index is 0.143. The molecule has 0 radical (unpaired) electrons. The van der Waals surface area contributed by atoms with Gasteiger partial charge in [0.1, 0.15) is 0 Å². The second-order valence-electron chi connectivity index (χ2n) is 8.40. The number of ether oxygens (including phenoxy) is 2. The van der Waals surface area contributed by atoms with Crippen LogP contribution in [-0.4, -0.2) is 28.8 Å². The van der Waals surface area contributed by atoms with Crippen LogP contribution < -0.4 is 20.3 Å². The van der Waals surface area contributed by atoms with Crippen LogP contribution in [0.25, 0.3) is 10.9 Å². The molecule has 1 atom stereocenters. The fraction of sp³-hybridized carbons (Fsp3) is 0.400. The highest BCUT2D eigenvalue weighted by molar-refractivity contribution is 7.71. The topological polar surface area (TPSA) is 85.3 Å². The molecule has 1 amide bonds. The summed E-state index contributed by atoms with van der Waals surface area (Å²) in [5, 5.41) is 3.51. The lowest BCUT2D eigenvalue weighted by Gasteiger charge is -2.15. The molecule has 1 aliphatic heterocycles. The van der Waals surface area contributed by atoms with Gasteiger partial charge in [0.2, 0.25) is 6.79 Å². The Balaban J connectivity index is 1.54. The molecule has 2 aromatic carbocycles. The van der Waals surface area contributed by atoms with Gasteiger partial charge in [-0.25, -0.2) is 0 Å². The predicted molar refractivity (Wildman–Crippen MR) is 131 cm³/mol. The fourth-order valence-electron chi connectivity index (χ4n) is 4.04. The third-order valence-corrected chi connectivity index (χ3v) is 6.44. The zero-order chi connectivity index (χ0) is 23.4. The van der Waals surface area contributed by atoms with Gasteiger partial charge in [0.15, 0.2) is 16.3 Å². The van der Waals surface area contributed by atoms with E-state index in [1.807, 2.05) is 18.2 Å². The molecule has 4 rings (SSSR count). The third-order valence-electron chi connectivity index (χ3n) is 6.12. The van der Waals surface area contributed by atoms with E-state index in [1.165, 1.54) is 11.0 Å². The highest BCUT2D eigenvalue weighted by atomic mass is 32.1. The SMILES string of the molecule is CCCCC(CC)CNC(=O)c1ccc2c(=O)n(Cc3ccc4c(c3)OCO4)c(=S)[nH]c2c1. The van der Waals surface area contributed by atoms with Crippen LogP contribution in [-0.2, 0) is 6.54 Å². The molecule has 0 saturated heterocycles. The van der Waals surface area contributed by atoms with Crippen LogP contribution in [0.2, 0.25) is 0 Å². The van der Waals surface area contributed by atoms with Gasteiger partial charge >= 0.3 is 0 Å². The van der Waals surface area contributed by atoms with Crippen LogP contribution in [0.4, 0.5) is 0 Å². The number of aromatic amines is 1. The van der Waals surface area contributed by atoms with E-state index < -0.39 is 0 Å². The number of benzene rings is 2. The molecule has 1 aliphatic rings. The van der Waals surface area contributed by atoms with E-state index >= 15 is 0 Å². The Kier molecular flexibility index (Phi) is 7.13. The normalized spacial score (nSPS) is 13.3. The van der Waals surface area contributed by atoms with Crippen LogP contribution in [0.1, 0.15) is 55.5 Å². The first-order valence-electron chi connectivity index (χ1n) is 11.4. The van der Waals surface area contributed by atoms with Crippen molar-refractivity contribution in [2.45, 2.75) is 46.1 Å². The summed E-state index contributed by atoms with van der Waals surface area (Å²) in [7, 11) is 0. The number of unbranched alkanes of at least 4 members (excludes halogenated alkanes) is 1. The molecule has 3 aromatic rings. The van der Waals surface area contributed by atoms with Crippen molar-refractivity contribution in [2.75, 3.05) is 13.3 Å². The van der Waals surface area contributed by atoms with Gasteiger partial charge in [-0.15, -0.1) is 0 Å². The Morgan fingerprint density at radius 2 is 2.00 bits per heavy atom. The molecule has 0 saturated carbocycles. The summed E-state index contributed by atoms with van der Waals surface area (Å²) in [5.41, 5.74) is 1.73. The molecular formula is C25H29N3O4S. The quantitative estimate of drug-likeness (QED) is 0.442. The smallest absolute Gasteiger partial charge is 0.262 e. The van der Waals surface area contributed by atoms with Crippen molar-refractivity contribution in [1.29, 1.82) is 0 Å². The van der Waals surface area contributed by atoms with E-state index in [9.17, 15) is 9.59 Å². The van der Waals surface area contributed by atoms with Gasteiger partial charge in [0, 0.05) is 12.1 Å². The Morgan fingerprint density at radius 3 is 2.79 bits per heavy atom. The number of fused-ring (bicyclic) bond motifs is 2. The highest BCUT2D eigenvalue weighted by Gasteiger charge is 2.15. The monoisotopic (exact) mass is 467 g/mol. The first-order chi connectivity index (χ1) is 16.0. The first-order valence-corrected chi connectivity index (χ1v) is 11.8. The molecule has 8 heteroatoms. The maximum atomic E-state index is 13.1. The molecule has 2 N–H and O–H groups in total. The van der Waals surface area contributed by atoms with E-state index in [2.05, 4.69) is 24.1 Å². The van der Waals surface area contributed by atoms with E-state index in [0.29, 0.717) is 51.7 Å². The average Bonchev–Trinajstić information content (AvgIpc) is 3.29. The second kappa shape index (κ2) is 10.2. The Hall–Kier alpha value is -3.13. The van der Waals surface area contributed by atoms with Crippen LogP contribution in [0.3, 0.4) is 0 Å². The average molecular weight is 468 g/mol. The van der Waals surface area contributed by atoms with Crippen LogP contribution in [0.5, 0.6) is 11.5 Å². The van der Waals surface area contributed by atoms with Crippen molar-refractivity contribution in [2.24, 2.45) is 5.92 Å². The number of hydrogen-bond acceptors (Lipinski definition) is 5. The molecule has 1 unspecified atom stereocenters. The van der Waals surface area contributed by atoms with Crippen LogP contribution in [0, 0.1) is 10.7 Å². The number of aromatic nitrogens is 2.